The SMILES string of the molecule is CCOc1ccc(OCC(=O)N(c2ccc(C)cc2)S(=O)(=O)c2ccccc2)cc1. The molecule has 0 aliphatic heterocycles. The summed E-state index contributed by atoms with van der Waals surface area (Å²) in [6.07, 6.45) is 0. The van der Waals surface area contributed by atoms with Gasteiger partial charge in [-0.2, -0.15) is 4.31 Å². The molecule has 3 rings (SSSR count). The van der Waals surface area contributed by atoms with Crippen molar-refractivity contribution in [2.24, 2.45) is 0 Å². The Bertz CT molecular complexity index is 1080. The van der Waals surface area contributed by atoms with Crippen molar-refractivity contribution in [3.63, 3.8) is 0 Å². The van der Waals surface area contributed by atoms with Gasteiger partial charge in [-0.25, -0.2) is 8.42 Å². The summed E-state index contributed by atoms with van der Waals surface area (Å²) in [6, 6.07) is 21.3. The fourth-order valence-corrected chi connectivity index (χ4v) is 4.23. The van der Waals surface area contributed by atoms with Crippen molar-refractivity contribution in [1.29, 1.82) is 0 Å². The second-order valence-electron chi connectivity index (χ2n) is 6.50. The second kappa shape index (κ2) is 9.45. The number of amides is 1. The van der Waals surface area contributed by atoms with Gasteiger partial charge in [-0.05, 0) is 62.4 Å². The zero-order valence-corrected chi connectivity index (χ0v) is 17.6. The number of rotatable bonds is 8. The van der Waals surface area contributed by atoms with Crippen molar-refractivity contribution >= 4 is 21.6 Å². The van der Waals surface area contributed by atoms with Crippen molar-refractivity contribution in [3.8, 4) is 11.5 Å². The van der Waals surface area contributed by atoms with Crippen LogP contribution in [0.5, 0.6) is 11.5 Å². The van der Waals surface area contributed by atoms with Crippen LogP contribution in [0, 0.1) is 6.92 Å². The van der Waals surface area contributed by atoms with Crippen LogP contribution in [0.25, 0.3) is 0 Å². The van der Waals surface area contributed by atoms with E-state index in [1.165, 1.54) is 12.1 Å². The third kappa shape index (κ3) is 4.99. The van der Waals surface area contributed by atoms with Gasteiger partial charge in [0.05, 0.1) is 17.2 Å². The van der Waals surface area contributed by atoms with Crippen LogP contribution in [0.15, 0.2) is 83.8 Å². The maximum absolute atomic E-state index is 13.2. The molecule has 6 nitrogen and oxygen atoms in total. The number of hydrogen-bond acceptors (Lipinski definition) is 5. The number of anilines is 1. The van der Waals surface area contributed by atoms with E-state index in [2.05, 4.69) is 0 Å². The molecule has 0 fully saturated rings. The monoisotopic (exact) mass is 425 g/mol. The molecule has 0 spiro atoms. The summed E-state index contributed by atoms with van der Waals surface area (Å²) in [7, 11) is -4.10. The summed E-state index contributed by atoms with van der Waals surface area (Å²) < 4.78 is 38.2. The highest BCUT2D eigenvalue weighted by Crippen LogP contribution is 2.25. The predicted octanol–water partition coefficient (Wildman–Crippen LogP) is 4.19. The van der Waals surface area contributed by atoms with Crippen molar-refractivity contribution < 1.29 is 22.7 Å². The predicted molar refractivity (Wildman–Crippen MR) is 115 cm³/mol. The first-order valence-corrected chi connectivity index (χ1v) is 10.9. The largest absolute Gasteiger partial charge is 0.494 e. The van der Waals surface area contributed by atoms with Gasteiger partial charge in [0.2, 0.25) is 0 Å². The number of sulfonamides is 1. The van der Waals surface area contributed by atoms with Gasteiger partial charge in [-0.1, -0.05) is 35.9 Å². The molecule has 0 aliphatic rings. The third-order valence-corrected chi connectivity index (χ3v) is 6.04. The van der Waals surface area contributed by atoms with Crippen LogP contribution in [0.3, 0.4) is 0 Å². The summed E-state index contributed by atoms with van der Waals surface area (Å²) in [5, 5.41) is 0. The molecule has 3 aromatic rings. The van der Waals surface area contributed by atoms with E-state index in [0.717, 1.165) is 9.87 Å². The molecule has 0 saturated heterocycles. The summed E-state index contributed by atoms with van der Waals surface area (Å²) in [5.41, 5.74) is 1.21. The number of carbonyl (C=O) groups is 1. The molecule has 1 amide bonds. The number of aryl methyl sites for hydroxylation is 1. The molecule has 7 heteroatoms. The highest BCUT2D eigenvalue weighted by molar-refractivity contribution is 7.93. The van der Waals surface area contributed by atoms with Gasteiger partial charge in [-0.15, -0.1) is 0 Å². The average Bonchev–Trinajstić information content (AvgIpc) is 2.75. The second-order valence-corrected chi connectivity index (χ2v) is 8.29. The number of nitrogens with zero attached hydrogens (tertiary/aromatic N) is 1. The molecular weight excluding hydrogens is 402 g/mol. The molecule has 0 atom stereocenters. The standard InChI is InChI=1S/C23H23NO5S/c1-3-28-20-13-15-21(16-14-20)29-17-23(25)24(19-11-9-18(2)10-12-19)30(26,27)22-7-5-4-6-8-22/h4-16H,3,17H2,1-2H3. The van der Waals surface area contributed by atoms with Crippen LogP contribution in [-0.2, 0) is 14.8 Å². The molecule has 3 aromatic carbocycles. The van der Waals surface area contributed by atoms with Gasteiger partial charge < -0.3 is 9.47 Å². The number of benzene rings is 3. The van der Waals surface area contributed by atoms with Gasteiger partial charge >= 0.3 is 0 Å². The van der Waals surface area contributed by atoms with Gasteiger partial charge in [0.25, 0.3) is 15.9 Å². The molecule has 0 aliphatic carbocycles. The van der Waals surface area contributed by atoms with Gasteiger partial charge in [-0.3, -0.25) is 4.79 Å². The fourth-order valence-electron chi connectivity index (χ4n) is 2.80. The van der Waals surface area contributed by atoms with Crippen LogP contribution < -0.4 is 13.8 Å². The van der Waals surface area contributed by atoms with Gasteiger partial charge in [0.15, 0.2) is 6.61 Å². The van der Waals surface area contributed by atoms with Crippen LogP contribution in [0.2, 0.25) is 0 Å². The minimum Gasteiger partial charge on any atom is -0.494 e. The van der Waals surface area contributed by atoms with Crippen molar-refractivity contribution in [2.75, 3.05) is 17.5 Å². The van der Waals surface area contributed by atoms with Crippen molar-refractivity contribution in [1.82, 2.24) is 0 Å². The Morgan fingerprint density at radius 1 is 0.833 bits per heavy atom. The highest BCUT2D eigenvalue weighted by Gasteiger charge is 2.31. The molecule has 30 heavy (non-hydrogen) atoms. The molecule has 0 heterocycles. The molecule has 0 radical (unpaired) electrons. The van der Waals surface area contributed by atoms with E-state index < -0.39 is 22.5 Å². The summed E-state index contributed by atoms with van der Waals surface area (Å²) in [5.74, 6) is 0.425. The van der Waals surface area contributed by atoms with E-state index in [1.54, 1.807) is 66.7 Å². The summed E-state index contributed by atoms with van der Waals surface area (Å²) in [4.78, 5) is 13.0. The molecule has 0 saturated carbocycles. The maximum Gasteiger partial charge on any atom is 0.278 e. The molecule has 156 valence electrons. The zero-order chi connectivity index (χ0) is 21.6. The minimum atomic E-state index is -4.10. The van der Waals surface area contributed by atoms with Crippen molar-refractivity contribution in [3.05, 3.63) is 84.4 Å². The maximum atomic E-state index is 13.2. The first kappa shape index (κ1) is 21.4. The summed E-state index contributed by atoms with van der Waals surface area (Å²) in [6.45, 7) is 3.88. The smallest absolute Gasteiger partial charge is 0.278 e. The van der Waals surface area contributed by atoms with E-state index in [9.17, 15) is 13.2 Å². The number of hydrogen-bond donors (Lipinski definition) is 0. The molecule has 0 unspecified atom stereocenters. The lowest BCUT2D eigenvalue weighted by molar-refractivity contribution is -0.119. The lowest BCUT2D eigenvalue weighted by atomic mass is 10.2. The molecular formula is C23H23NO5S. The Labute approximate surface area is 176 Å². The lowest BCUT2D eigenvalue weighted by Crippen LogP contribution is -2.40. The Morgan fingerprint density at radius 2 is 1.40 bits per heavy atom. The number of carbonyl (C=O) groups excluding carboxylic acids is 1. The van der Waals surface area contributed by atoms with Crippen LogP contribution >= 0.6 is 0 Å². The quantitative estimate of drug-likeness (QED) is 0.541. The zero-order valence-electron chi connectivity index (χ0n) is 16.8. The van der Waals surface area contributed by atoms with E-state index in [4.69, 9.17) is 9.47 Å². The average molecular weight is 426 g/mol. The van der Waals surface area contributed by atoms with E-state index in [0.29, 0.717) is 18.1 Å². The normalized spacial score (nSPS) is 11.0. The Kier molecular flexibility index (Phi) is 6.74. The number of ether oxygens (including phenoxy) is 2. The Balaban J connectivity index is 1.86. The van der Waals surface area contributed by atoms with E-state index in [1.807, 2.05) is 13.8 Å². The Hall–Kier alpha value is -3.32. The van der Waals surface area contributed by atoms with E-state index in [-0.39, 0.29) is 10.6 Å². The van der Waals surface area contributed by atoms with Gasteiger partial charge in [0.1, 0.15) is 11.5 Å². The topological polar surface area (TPSA) is 72.9 Å². The van der Waals surface area contributed by atoms with Crippen LogP contribution in [-0.4, -0.2) is 27.5 Å². The van der Waals surface area contributed by atoms with Crippen molar-refractivity contribution in [2.45, 2.75) is 18.7 Å². The molecule has 0 bridgehead atoms. The van der Waals surface area contributed by atoms with Crippen LogP contribution in [0.4, 0.5) is 5.69 Å². The molecule has 0 aromatic heterocycles. The fraction of sp³-hybridized carbons (Fsp3) is 0.174. The van der Waals surface area contributed by atoms with Gasteiger partial charge in [0, 0.05) is 0 Å². The molecule has 0 N–H and O–H groups in total. The third-order valence-electron chi connectivity index (χ3n) is 4.27. The van der Waals surface area contributed by atoms with Crippen LogP contribution in [0.1, 0.15) is 12.5 Å². The Morgan fingerprint density at radius 3 is 1.97 bits per heavy atom. The van der Waals surface area contributed by atoms with E-state index >= 15 is 0 Å². The first-order valence-electron chi connectivity index (χ1n) is 9.47. The minimum absolute atomic E-state index is 0.0278. The lowest BCUT2D eigenvalue weighted by Gasteiger charge is -2.23. The first-order chi connectivity index (χ1) is 14.4. The highest BCUT2D eigenvalue weighted by atomic mass is 32.2. The summed E-state index contributed by atoms with van der Waals surface area (Å²) >= 11 is 0.